The van der Waals surface area contributed by atoms with E-state index in [1.165, 1.54) is 26.2 Å². The van der Waals surface area contributed by atoms with Crippen molar-refractivity contribution in [2.75, 3.05) is 19.4 Å². The van der Waals surface area contributed by atoms with Crippen LogP contribution < -0.4 is 5.32 Å². The summed E-state index contributed by atoms with van der Waals surface area (Å²) in [6.07, 6.45) is 0. The second-order valence-electron chi connectivity index (χ2n) is 5.20. The number of nitro benzene ring substituents is 1. The Morgan fingerprint density at radius 3 is 2.40 bits per heavy atom. The number of hydrogen-bond acceptors (Lipinski definition) is 5. The normalized spacial score (nSPS) is 11.6. The lowest BCUT2D eigenvalue weighted by atomic mass is 10.2. The SMILES string of the molecule is CNc1ccc(S(=O)(=O)N(C)Cc2ccc(Cl)c(Cl)c2)cc1[N+](=O)[O-]. The molecule has 0 amide bonds. The van der Waals surface area contributed by atoms with Gasteiger partial charge in [0.15, 0.2) is 0 Å². The predicted molar refractivity (Wildman–Crippen MR) is 97.8 cm³/mol. The van der Waals surface area contributed by atoms with Crippen LogP contribution in [0.4, 0.5) is 11.4 Å². The lowest BCUT2D eigenvalue weighted by Crippen LogP contribution is -2.26. The van der Waals surface area contributed by atoms with Gasteiger partial charge in [0.1, 0.15) is 5.69 Å². The summed E-state index contributed by atoms with van der Waals surface area (Å²) in [5.74, 6) is 0. The van der Waals surface area contributed by atoms with Gasteiger partial charge in [-0.2, -0.15) is 4.31 Å². The average molecular weight is 404 g/mol. The monoisotopic (exact) mass is 403 g/mol. The molecule has 1 N–H and O–H groups in total. The van der Waals surface area contributed by atoms with Crippen LogP contribution in [0.3, 0.4) is 0 Å². The van der Waals surface area contributed by atoms with Crippen molar-refractivity contribution in [3.05, 3.63) is 62.1 Å². The third-order valence-electron chi connectivity index (χ3n) is 3.53. The van der Waals surface area contributed by atoms with Crippen molar-refractivity contribution >= 4 is 44.6 Å². The van der Waals surface area contributed by atoms with Crippen LogP contribution in [-0.4, -0.2) is 31.7 Å². The molecule has 134 valence electrons. The molecule has 25 heavy (non-hydrogen) atoms. The maximum atomic E-state index is 12.7. The van der Waals surface area contributed by atoms with Crippen molar-refractivity contribution in [1.82, 2.24) is 4.31 Å². The highest BCUT2D eigenvalue weighted by molar-refractivity contribution is 7.89. The van der Waals surface area contributed by atoms with Crippen molar-refractivity contribution in [2.24, 2.45) is 0 Å². The molecule has 0 bridgehead atoms. The third kappa shape index (κ3) is 4.21. The van der Waals surface area contributed by atoms with E-state index in [2.05, 4.69) is 5.32 Å². The minimum atomic E-state index is -3.92. The molecule has 0 atom stereocenters. The van der Waals surface area contributed by atoms with Crippen LogP contribution in [0.15, 0.2) is 41.3 Å². The number of sulfonamides is 1. The van der Waals surface area contributed by atoms with E-state index < -0.39 is 14.9 Å². The van der Waals surface area contributed by atoms with Crippen molar-refractivity contribution in [3.63, 3.8) is 0 Å². The minimum absolute atomic E-state index is 0.0425. The van der Waals surface area contributed by atoms with Crippen molar-refractivity contribution in [2.45, 2.75) is 11.4 Å². The predicted octanol–water partition coefficient (Wildman–Crippen LogP) is 3.76. The third-order valence-corrected chi connectivity index (χ3v) is 6.07. The van der Waals surface area contributed by atoms with Gasteiger partial charge in [-0.25, -0.2) is 8.42 Å². The summed E-state index contributed by atoms with van der Waals surface area (Å²) in [7, 11) is -1.01. The Balaban J connectivity index is 2.35. The van der Waals surface area contributed by atoms with Crippen LogP contribution in [0.25, 0.3) is 0 Å². The van der Waals surface area contributed by atoms with Gasteiger partial charge in [0, 0.05) is 26.7 Å². The summed E-state index contributed by atoms with van der Waals surface area (Å²) in [5.41, 5.74) is 0.560. The van der Waals surface area contributed by atoms with Gasteiger partial charge in [-0.3, -0.25) is 10.1 Å². The van der Waals surface area contributed by atoms with E-state index in [4.69, 9.17) is 23.2 Å². The quantitative estimate of drug-likeness (QED) is 0.585. The number of nitro groups is 1. The van der Waals surface area contributed by atoms with Crippen LogP contribution in [0.5, 0.6) is 0 Å². The summed E-state index contributed by atoms with van der Waals surface area (Å²) in [6, 6.07) is 8.52. The Morgan fingerprint density at radius 2 is 1.84 bits per heavy atom. The summed E-state index contributed by atoms with van der Waals surface area (Å²) < 4.78 is 26.5. The molecule has 0 aromatic heterocycles. The molecule has 10 heteroatoms. The minimum Gasteiger partial charge on any atom is -0.383 e. The van der Waals surface area contributed by atoms with Gasteiger partial charge in [0.25, 0.3) is 5.69 Å². The Morgan fingerprint density at radius 1 is 1.16 bits per heavy atom. The first-order chi connectivity index (χ1) is 11.7. The van der Waals surface area contributed by atoms with Crippen molar-refractivity contribution in [1.29, 1.82) is 0 Å². The standard InChI is InChI=1S/C15H15Cl2N3O4S/c1-18-14-6-4-11(8-15(14)20(21)22)25(23,24)19(2)9-10-3-5-12(16)13(17)7-10/h3-8,18H,9H2,1-2H3. The van der Waals surface area contributed by atoms with Crippen LogP contribution >= 0.6 is 23.2 Å². The zero-order valence-electron chi connectivity index (χ0n) is 13.4. The molecule has 0 aliphatic rings. The van der Waals surface area contributed by atoms with E-state index in [1.54, 1.807) is 18.2 Å². The second-order valence-corrected chi connectivity index (χ2v) is 8.05. The Hall–Kier alpha value is -1.87. The highest BCUT2D eigenvalue weighted by Crippen LogP contribution is 2.29. The fraction of sp³-hybridized carbons (Fsp3) is 0.200. The summed E-state index contributed by atoms with van der Waals surface area (Å²) >= 11 is 11.8. The lowest BCUT2D eigenvalue weighted by molar-refractivity contribution is -0.384. The molecule has 0 radical (unpaired) electrons. The highest BCUT2D eigenvalue weighted by atomic mass is 35.5. The molecular formula is C15H15Cl2N3O4S. The number of nitrogens with one attached hydrogen (secondary N) is 1. The topological polar surface area (TPSA) is 92.6 Å². The maximum absolute atomic E-state index is 12.7. The fourth-order valence-corrected chi connectivity index (χ4v) is 3.69. The van der Waals surface area contributed by atoms with Gasteiger partial charge >= 0.3 is 0 Å². The molecule has 0 aliphatic heterocycles. The van der Waals surface area contributed by atoms with E-state index in [1.807, 2.05) is 0 Å². The molecule has 0 saturated carbocycles. The van der Waals surface area contributed by atoms with Crippen LogP contribution in [0.2, 0.25) is 10.0 Å². The fourth-order valence-electron chi connectivity index (χ4n) is 2.19. The molecule has 0 spiro atoms. The zero-order chi connectivity index (χ0) is 18.8. The highest BCUT2D eigenvalue weighted by Gasteiger charge is 2.25. The first-order valence-electron chi connectivity index (χ1n) is 7.03. The molecule has 2 aromatic carbocycles. The number of anilines is 1. The molecule has 0 aliphatic carbocycles. The lowest BCUT2D eigenvalue weighted by Gasteiger charge is -2.18. The van der Waals surface area contributed by atoms with Crippen molar-refractivity contribution < 1.29 is 13.3 Å². The van der Waals surface area contributed by atoms with E-state index >= 15 is 0 Å². The first kappa shape index (κ1) is 19.5. The number of benzene rings is 2. The van der Waals surface area contributed by atoms with Gasteiger partial charge in [0.05, 0.1) is 19.9 Å². The number of nitrogens with zero attached hydrogens (tertiary/aromatic N) is 2. The smallest absolute Gasteiger partial charge is 0.293 e. The molecule has 0 unspecified atom stereocenters. The van der Waals surface area contributed by atoms with E-state index in [9.17, 15) is 18.5 Å². The molecule has 0 heterocycles. The number of hydrogen-bond donors (Lipinski definition) is 1. The average Bonchev–Trinajstić information content (AvgIpc) is 2.57. The second kappa shape index (κ2) is 7.57. The summed E-state index contributed by atoms with van der Waals surface area (Å²) in [5, 5.41) is 14.5. The Kier molecular flexibility index (Phi) is 5.89. The molecular weight excluding hydrogens is 389 g/mol. The van der Waals surface area contributed by atoms with Gasteiger partial charge in [-0.1, -0.05) is 29.3 Å². The molecule has 7 nitrogen and oxygen atoms in total. The van der Waals surface area contributed by atoms with E-state index in [-0.39, 0.29) is 22.8 Å². The molecule has 0 fully saturated rings. The van der Waals surface area contributed by atoms with E-state index in [0.717, 1.165) is 10.4 Å². The first-order valence-corrected chi connectivity index (χ1v) is 9.23. The molecule has 2 aromatic rings. The Labute approximate surface area is 155 Å². The number of rotatable bonds is 6. The zero-order valence-corrected chi connectivity index (χ0v) is 15.7. The Bertz CT molecular complexity index is 919. The maximum Gasteiger partial charge on any atom is 0.293 e. The summed E-state index contributed by atoms with van der Waals surface area (Å²) in [4.78, 5) is 10.3. The van der Waals surface area contributed by atoms with Gasteiger partial charge < -0.3 is 5.32 Å². The van der Waals surface area contributed by atoms with Gasteiger partial charge in [-0.15, -0.1) is 0 Å². The van der Waals surface area contributed by atoms with Crippen LogP contribution in [-0.2, 0) is 16.6 Å². The van der Waals surface area contributed by atoms with Gasteiger partial charge in [-0.05, 0) is 29.8 Å². The van der Waals surface area contributed by atoms with Crippen molar-refractivity contribution in [3.8, 4) is 0 Å². The molecule has 2 rings (SSSR count). The largest absolute Gasteiger partial charge is 0.383 e. The summed E-state index contributed by atoms with van der Waals surface area (Å²) in [6.45, 7) is 0.0425. The van der Waals surface area contributed by atoms with Crippen LogP contribution in [0.1, 0.15) is 5.56 Å². The number of halogens is 2. The molecule has 0 saturated heterocycles. The van der Waals surface area contributed by atoms with Gasteiger partial charge in [0.2, 0.25) is 10.0 Å². The van der Waals surface area contributed by atoms with Crippen LogP contribution in [0, 0.1) is 10.1 Å². The van der Waals surface area contributed by atoms with E-state index in [0.29, 0.717) is 15.6 Å².